The molecule has 24 heavy (non-hydrogen) atoms. The quantitative estimate of drug-likeness (QED) is 0.832. The molecule has 2 aromatic rings. The lowest BCUT2D eigenvalue weighted by Crippen LogP contribution is -2.24. The number of phenols is 1. The molecule has 1 N–H and O–H groups in total. The third kappa shape index (κ3) is 5.11. The molecule has 1 aliphatic heterocycles. The standard InChI is InChI=1S/C20H23NO2S/c22-17-6-8-19(9-7-17)24-20-11-13-21(15-20)12-10-18(23)14-16-4-2-1-3-5-16/h1-9,20,22H,10-15H2. The van der Waals surface area contributed by atoms with Gasteiger partial charge in [0.25, 0.3) is 0 Å². The first-order valence-corrected chi connectivity index (χ1v) is 9.31. The normalized spacial score (nSPS) is 17.9. The lowest BCUT2D eigenvalue weighted by Gasteiger charge is -2.15. The van der Waals surface area contributed by atoms with Crippen LogP contribution in [0.5, 0.6) is 5.75 Å². The maximum Gasteiger partial charge on any atom is 0.138 e. The Morgan fingerprint density at radius 1 is 1.12 bits per heavy atom. The number of carbonyl (C=O) groups excluding carboxylic acids is 1. The second kappa shape index (κ2) is 8.36. The summed E-state index contributed by atoms with van der Waals surface area (Å²) in [4.78, 5) is 15.7. The van der Waals surface area contributed by atoms with Gasteiger partial charge in [0, 0.05) is 36.1 Å². The van der Waals surface area contributed by atoms with Gasteiger partial charge in [0.2, 0.25) is 0 Å². The van der Waals surface area contributed by atoms with Crippen LogP contribution in [-0.4, -0.2) is 40.7 Å². The van der Waals surface area contributed by atoms with Crippen LogP contribution in [0.2, 0.25) is 0 Å². The maximum atomic E-state index is 12.1. The zero-order valence-electron chi connectivity index (χ0n) is 13.7. The van der Waals surface area contributed by atoms with Crippen LogP contribution in [-0.2, 0) is 11.2 Å². The van der Waals surface area contributed by atoms with E-state index in [-0.39, 0.29) is 0 Å². The van der Waals surface area contributed by atoms with Gasteiger partial charge in [0.1, 0.15) is 11.5 Å². The molecule has 1 atom stereocenters. The Morgan fingerprint density at radius 2 is 1.88 bits per heavy atom. The van der Waals surface area contributed by atoms with Crippen LogP contribution in [0.3, 0.4) is 0 Å². The van der Waals surface area contributed by atoms with Crippen molar-refractivity contribution in [1.29, 1.82) is 0 Å². The highest BCUT2D eigenvalue weighted by Crippen LogP contribution is 2.30. The third-order valence-electron chi connectivity index (χ3n) is 4.32. The summed E-state index contributed by atoms with van der Waals surface area (Å²) in [5.74, 6) is 0.625. The van der Waals surface area contributed by atoms with Gasteiger partial charge in [-0.2, -0.15) is 0 Å². The van der Waals surface area contributed by atoms with E-state index >= 15 is 0 Å². The van der Waals surface area contributed by atoms with Crippen LogP contribution in [0.25, 0.3) is 0 Å². The molecule has 3 nitrogen and oxygen atoms in total. The lowest BCUT2D eigenvalue weighted by atomic mass is 10.1. The topological polar surface area (TPSA) is 40.5 Å². The summed E-state index contributed by atoms with van der Waals surface area (Å²) in [7, 11) is 0. The van der Waals surface area contributed by atoms with Crippen molar-refractivity contribution < 1.29 is 9.90 Å². The second-order valence-corrected chi connectivity index (χ2v) is 7.65. The van der Waals surface area contributed by atoms with Crippen molar-refractivity contribution in [2.75, 3.05) is 19.6 Å². The van der Waals surface area contributed by atoms with Gasteiger partial charge in [-0.05, 0) is 42.8 Å². The number of hydrogen-bond donors (Lipinski definition) is 1. The fourth-order valence-corrected chi connectivity index (χ4v) is 4.20. The molecule has 0 radical (unpaired) electrons. The minimum atomic E-state index is 0.310. The van der Waals surface area contributed by atoms with Gasteiger partial charge in [-0.1, -0.05) is 30.3 Å². The van der Waals surface area contributed by atoms with E-state index in [9.17, 15) is 9.90 Å². The molecule has 0 saturated carbocycles. The summed E-state index contributed by atoms with van der Waals surface area (Å²) in [5, 5.41) is 9.91. The number of Topliss-reactive ketones (excluding diaryl/α,β-unsaturated/α-hetero) is 1. The highest BCUT2D eigenvalue weighted by Gasteiger charge is 2.23. The molecule has 1 aliphatic rings. The predicted octanol–water partition coefficient (Wildman–Crippen LogP) is 3.76. The number of likely N-dealkylation sites (tertiary alicyclic amines) is 1. The molecule has 4 heteroatoms. The number of hydrogen-bond acceptors (Lipinski definition) is 4. The molecule has 3 rings (SSSR count). The van der Waals surface area contributed by atoms with Crippen molar-refractivity contribution in [1.82, 2.24) is 4.90 Å². The zero-order chi connectivity index (χ0) is 16.8. The highest BCUT2D eigenvalue weighted by molar-refractivity contribution is 8.00. The van der Waals surface area contributed by atoms with Gasteiger partial charge in [0.15, 0.2) is 0 Å². The summed E-state index contributed by atoms with van der Waals surface area (Å²) in [5.41, 5.74) is 1.10. The number of phenolic OH excluding ortho intramolecular Hbond substituents is 1. The third-order valence-corrected chi connectivity index (χ3v) is 5.58. The largest absolute Gasteiger partial charge is 0.508 e. The summed E-state index contributed by atoms with van der Waals surface area (Å²) in [6.45, 7) is 2.96. The van der Waals surface area contributed by atoms with Crippen molar-refractivity contribution in [2.45, 2.75) is 29.4 Å². The molecule has 1 fully saturated rings. The molecule has 0 spiro atoms. The summed E-state index contributed by atoms with van der Waals surface area (Å²) in [6, 6.07) is 17.4. The van der Waals surface area contributed by atoms with E-state index in [4.69, 9.17) is 0 Å². The van der Waals surface area contributed by atoms with Crippen LogP contribution in [0.4, 0.5) is 0 Å². The maximum absolute atomic E-state index is 12.1. The van der Waals surface area contributed by atoms with Crippen molar-refractivity contribution in [3.05, 3.63) is 60.2 Å². The van der Waals surface area contributed by atoms with Gasteiger partial charge >= 0.3 is 0 Å². The number of benzene rings is 2. The van der Waals surface area contributed by atoms with E-state index in [0.717, 1.165) is 31.6 Å². The molecule has 1 heterocycles. The molecule has 0 bridgehead atoms. The summed E-state index contributed by atoms with van der Waals surface area (Å²) < 4.78 is 0. The van der Waals surface area contributed by atoms with E-state index < -0.39 is 0 Å². The SMILES string of the molecule is O=C(CCN1CCC(Sc2ccc(O)cc2)C1)Cc1ccccc1. The van der Waals surface area contributed by atoms with E-state index in [0.29, 0.717) is 29.6 Å². The van der Waals surface area contributed by atoms with Crippen molar-refractivity contribution >= 4 is 17.5 Å². The molecule has 0 amide bonds. The van der Waals surface area contributed by atoms with Crippen molar-refractivity contribution in [3.63, 3.8) is 0 Å². The Bertz CT molecular complexity index is 657. The average molecular weight is 341 g/mol. The Labute approximate surface area is 147 Å². The first-order chi connectivity index (χ1) is 11.7. The number of nitrogens with zero attached hydrogens (tertiary/aromatic N) is 1. The Balaban J connectivity index is 1.39. The first-order valence-electron chi connectivity index (χ1n) is 8.43. The molecule has 1 saturated heterocycles. The average Bonchev–Trinajstić information content (AvgIpc) is 3.04. The van der Waals surface area contributed by atoms with Gasteiger partial charge in [0.05, 0.1) is 0 Å². The molecule has 0 aliphatic carbocycles. The minimum absolute atomic E-state index is 0.310. The molecular weight excluding hydrogens is 318 g/mol. The molecule has 126 valence electrons. The number of thioether (sulfide) groups is 1. The monoisotopic (exact) mass is 341 g/mol. The second-order valence-electron chi connectivity index (χ2n) is 6.27. The van der Waals surface area contributed by atoms with Gasteiger partial charge < -0.3 is 10.0 Å². The lowest BCUT2D eigenvalue weighted by molar-refractivity contribution is -0.118. The van der Waals surface area contributed by atoms with Crippen LogP contribution in [0.15, 0.2) is 59.5 Å². The molecule has 2 aromatic carbocycles. The molecule has 1 unspecified atom stereocenters. The minimum Gasteiger partial charge on any atom is -0.508 e. The zero-order valence-corrected chi connectivity index (χ0v) is 14.5. The fourth-order valence-electron chi connectivity index (χ4n) is 3.01. The Morgan fingerprint density at radius 3 is 2.62 bits per heavy atom. The fraction of sp³-hybridized carbons (Fsp3) is 0.350. The van der Waals surface area contributed by atoms with Crippen LogP contribution in [0.1, 0.15) is 18.4 Å². The van der Waals surface area contributed by atoms with Crippen molar-refractivity contribution in [2.24, 2.45) is 0 Å². The molecule has 0 aromatic heterocycles. The highest BCUT2D eigenvalue weighted by atomic mass is 32.2. The van der Waals surface area contributed by atoms with Crippen LogP contribution in [0, 0.1) is 0 Å². The first kappa shape index (κ1) is 17.1. The number of carbonyl (C=O) groups is 1. The summed E-state index contributed by atoms with van der Waals surface area (Å²) in [6.07, 6.45) is 2.32. The van der Waals surface area contributed by atoms with E-state index in [2.05, 4.69) is 4.90 Å². The predicted molar refractivity (Wildman–Crippen MR) is 98.6 cm³/mol. The number of rotatable bonds is 7. The molecular formula is C20H23NO2S. The van der Waals surface area contributed by atoms with E-state index in [1.807, 2.05) is 54.2 Å². The number of ketones is 1. The van der Waals surface area contributed by atoms with Crippen LogP contribution >= 0.6 is 11.8 Å². The van der Waals surface area contributed by atoms with E-state index in [1.54, 1.807) is 12.1 Å². The smallest absolute Gasteiger partial charge is 0.138 e. The van der Waals surface area contributed by atoms with Gasteiger partial charge in [-0.15, -0.1) is 11.8 Å². The Kier molecular flexibility index (Phi) is 5.94. The van der Waals surface area contributed by atoms with Gasteiger partial charge in [-0.3, -0.25) is 4.79 Å². The number of aromatic hydroxyl groups is 1. The van der Waals surface area contributed by atoms with Gasteiger partial charge in [-0.25, -0.2) is 0 Å². The Hall–Kier alpha value is -1.78. The van der Waals surface area contributed by atoms with E-state index in [1.165, 1.54) is 4.90 Å². The van der Waals surface area contributed by atoms with Crippen LogP contribution < -0.4 is 0 Å². The van der Waals surface area contributed by atoms with Crippen molar-refractivity contribution in [3.8, 4) is 5.75 Å². The summed E-state index contributed by atoms with van der Waals surface area (Å²) >= 11 is 1.86.